The molecule has 2 heterocycles. The van der Waals surface area contributed by atoms with Crippen molar-refractivity contribution in [2.75, 3.05) is 0 Å². The second-order valence-corrected chi connectivity index (χ2v) is 7.41. The molecule has 0 aliphatic carbocycles. The zero-order valence-electron chi connectivity index (χ0n) is 16.5. The van der Waals surface area contributed by atoms with Gasteiger partial charge in [-0.15, -0.1) is 0 Å². The molecular formula is C21H19O11-. The van der Waals surface area contributed by atoms with Crippen molar-refractivity contribution in [2.24, 2.45) is 0 Å². The minimum Gasteiger partial charge on any atom is -0.870 e. The molecule has 0 spiro atoms. The van der Waals surface area contributed by atoms with Crippen molar-refractivity contribution in [3.8, 4) is 40.1 Å². The van der Waals surface area contributed by atoms with E-state index in [1.54, 1.807) is 0 Å². The Morgan fingerprint density at radius 2 is 1.69 bits per heavy atom. The van der Waals surface area contributed by atoms with Crippen LogP contribution in [-0.2, 0) is 4.74 Å². The summed E-state index contributed by atoms with van der Waals surface area (Å²) in [5, 5.41) is 71.1. The molecule has 0 radical (unpaired) electrons. The number of aromatic hydroxyl groups is 3. The fourth-order valence-electron chi connectivity index (χ4n) is 3.45. The minimum atomic E-state index is -1.75. The van der Waals surface area contributed by atoms with Gasteiger partial charge < -0.3 is 49.6 Å². The highest BCUT2D eigenvalue weighted by atomic mass is 16.7. The molecule has 1 saturated heterocycles. The Morgan fingerprint density at radius 1 is 0.969 bits per heavy atom. The van der Waals surface area contributed by atoms with Gasteiger partial charge in [-0.25, -0.2) is 0 Å². The predicted octanol–water partition coefficient (Wildman–Crippen LogP) is -0.143. The van der Waals surface area contributed by atoms with Gasteiger partial charge in [0.05, 0.1) is 6.10 Å². The molecule has 1 aliphatic rings. The van der Waals surface area contributed by atoms with Crippen LogP contribution in [0, 0.1) is 0 Å². The van der Waals surface area contributed by atoms with E-state index in [9.17, 15) is 40.5 Å². The van der Waals surface area contributed by atoms with Crippen molar-refractivity contribution >= 4 is 11.0 Å². The smallest absolute Gasteiger partial charge is 0.239 e. The standard InChI is InChI=1S/C21H20O11/c1-7-15(26)17(28)18(29)21(30-7)32-20-16(27)14-12(25)5-9(22)6-13(14)31-19(20)8-2-3-10(23)11(24)4-8/h2-7,15,17-18,21-26,28-29H,1H3/p-1/t7-,15-,17+,18+,21+/m0/s1. The lowest BCUT2D eigenvalue weighted by molar-refractivity contribution is -0.270. The second-order valence-electron chi connectivity index (χ2n) is 7.41. The average molecular weight is 447 g/mol. The maximum atomic E-state index is 13.2. The average Bonchev–Trinajstić information content (AvgIpc) is 2.73. The van der Waals surface area contributed by atoms with E-state index in [0.717, 1.165) is 24.3 Å². The molecule has 170 valence electrons. The van der Waals surface area contributed by atoms with E-state index in [-0.39, 0.29) is 22.3 Å². The number of hydrogen-bond donors (Lipinski definition) is 6. The third-order valence-electron chi connectivity index (χ3n) is 5.18. The van der Waals surface area contributed by atoms with Gasteiger partial charge in [-0.3, -0.25) is 4.79 Å². The number of ether oxygens (including phenoxy) is 2. The van der Waals surface area contributed by atoms with Crippen molar-refractivity contribution in [3.05, 3.63) is 40.6 Å². The van der Waals surface area contributed by atoms with Gasteiger partial charge in [0.1, 0.15) is 46.5 Å². The van der Waals surface area contributed by atoms with Crippen molar-refractivity contribution in [1.29, 1.82) is 0 Å². The monoisotopic (exact) mass is 447 g/mol. The lowest BCUT2D eigenvalue weighted by Crippen LogP contribution is -2.58. The van der Waals surface area contributed by atoms with Crippen LogP contribution in [0.25, 0.3) is 22.3 Å². The molecule has 5 atom stereocenters. The third kappa shape index (κ3) is 3.56. The first kappa shape index (κ1) is 21.7. The van der Waals surface area contributed by atoms with Crippen molar-refractivity contribution in [2.45, 2.75) is 37.6 Å². The molecule has 0 saturated carbocycles. The highest BCUT2D eigenvalue weighted by Crippen LogP contribution is 2.38. The highest BCUT2D eigenvalue weighted by Gasteiger charge is 2.44. The molecule has 1 aromatic heterocycles. The number of rotatable bonds is 3. The number of benzene rings is 2. The lowest BCUT2D eigenvalue weighted by Gasteiger charge is -2.38. The molecule has 1 aliphatic heterocycles. The first-order valence-electron chi connectivity index (χ1n) is 9.48. The van der Waals surface area contributed by atoms with Crippen molar-refractivity contribution in [3.63, 3.8) is 0 Å². The first-order valence-corrected chi connectivity index (χ1v) is 9.48. The largest absolute Gasteiger partial charge is 0.870 e. The van der Waals surface area contributed by atoms with Gasteiger partial charge >= 0.3 is 0 Å². The molecule has 0 amide bonds. The molecule has 0 bridgehead atoms. The number of hydrogen-bond acceptors (Lipinski definition) is 11. The summed E-state index contributed by atoms with van der Waals surface area (Å²) < 4.78 is 16.6. The van der Waals surface area contributed by atoms with Crippen LogP contribution >= 0.6 is 0 Å². The normalized spacial score (nSPS) is 25.7. The maximum absolute atomic E-state index is 13.2. The van der Waals surface area contributed by atoms with Gasteiger partial charge in [-0.05, 0) is 13.0 Å². The van der Waals surface area contributed by atoms with Crippen LogP contribution in [0.2, 0.25) is 0 Å². The molecule has 1 fully saturated rings. The molecule has 0 unspecified atom stereocenters. The van der Waals surface area contributed by atoms with E-state index in [1.165, 1.54) is 13.0 Å². The molecule has 6 N–H and O–H groups in total. The Morgan fingerprint density at radius 3 is 2.38 bits per heavy atom. The van der Waals surface area contributed by atoms with Gasteiger partial charge in [0.25, 0.3) is 0 Å². The zero-order chi connectivity index (χ0) is 23.3. The molecule has 32 heavy (non-hydrogen) atoms. The summed E-state index contributed by atoms with van der Waals surface area (Å²) in [6, 6.07) is 5.25. The summed E-state index contributed by atoms with van der Waals surface area (Å²) >= 11 is 0. The summed E-state index contributed by atoms with van der Waals surface area (Å²) in [5.41, 5.74) is -1.12. The Hall–Kier alpha value is -3.51. The van der Waals surface area contributed by atoms with Gasteiger partial charge in [0.15, 0.2) is 5.76 Å². The second kappa shape index (κ2) is 7.88. The van der Waals surface area contributed by atoms with Crippen molar-refractivity contribution in [1.82, 2.24) is 0 Å². The molecular weight excluding hydrogens is 428 g/mol. The van der Waals surface area contributed by atoms with E-state index in [4.69, 9.17) is 13.9 Å². The van der Waals surface area contributed by atoms with E-state index >= 15 is 0 Å². The summed E-state index contributed by atoms with van der Waals surface area (Å²) in [5.74, 6) is -3.23. The summed E-state index contributed by atoms with van der Waals surface area (Å²) in [6.07, 6.45) is -7.40. The summed E-state index contributed by atoms with van der Waals surface area (Å²) in [7, 11) is 0. The van der Waals surface area contributed by atoms with Gasteiger partial charge in [0.2, 0.25) is 17.5 Å². The van der Waals surface area contributed by atoms with Crippen LogP contribution in [0.5, 0.6) is 28.7 Å². The Balaban J connectivity index is 1.92. The third-order valence-corrected chi connectivity index (χ3v) is 5.18. The van der Waals surface area contributed by atoms with Gasteiger partial charge in [0, 0.05) is 17.7 Å². The fraction of sp³-hybridized carbons (Fsp3) is 0.286. The first-order chi connectivity index (χ1) is 15.1. The van der Waals surface area contributed by atoms with Gasteiger partial charge in [-0.1, -0.05) is 17.9 Å². The van der Waals surface area contributed by atoms with Crippen LogP contribution in [-0.4, -0.2) is 61.3 Å². The lowest BCUT2D eigenvalue weighted by atomic mass is 10.00. The predicted molar refractivity (Wildman–Crippen MR) is 105 cm³/mol. The summed E-state index contributed by atoms with van der Waals surface area (Å²) in [4.78, 5) is 13.2. The molecule has 4 rings (SSSR count). The van der Waals surface area contributed by atoms with Crippen LogP contribution in [0.1, 0.15) is 6.92 Å². The number of phenolic OH excluding ortho intramolecular Hbond substituents is 3. The van der Waals surface area contributed by atoms with Crippen molar-refractivity contribution < 1.29 is 49.6 Å². The molecule has 2 aromatic carbocycles. The van der Waals surface area contributed by atoms with E-state index in [0.29, 0.717) is 0 Å². The SMILES string of the molecule is C[C@@H]1O[C@H](Oc2c(-c3ccc([O-])c(O)c3)oc3cc(O)cc(O)c3c2=O)[C@H](O)[C@H](O)[C@H]1O. The zero-order valence-corrected chi connectivity index (χ0v) is 16.5. The maximum Gasteiger partial charge on any atom is 0.239 e. The number of fused-ring (bicyclic) bond motifs is 1. The highest BCUT2D eigenvalue weighted by molar-refractivity contribution is 5.88. The minimum absolute atomic E-state index is 0.0258. The summed E-state index contributed by atoms with van der Waals surface area (Å²) in [6.45, 7) is 1.42. The molecule has 3 aromatic rings. The molecule has 11 nitrogen and oxygen atoms in total. The topological polar surface area (TPSA) is 193 Å². The van der Waals surface area contributed by atoms with Gasteiger partial charge in [-0.2, -0.15) is 0 Å². The number of phenols is 3. The van der Waals surface area contributed by atoms with E-state index in [1.807, 2.05) is 0 Å². The fourth-order valence-corrected chi connectivity index (χ4v) is 3.45. The van der Waals surface area contributed by atoms with Crippen LogP contribution < -0.4 is 15.3 Å². The molecule has 11 heteroatoms. The Kier molecular flexibility index (Phi) is 5.34. The van der Waals surface area contributed by atoms with E-state index < -0.39 is 64.9 Å². The Bertz CT molecular complexity index is 1230. The Labute approximate surface area is 179 Å². The van der Waals surface area contributed by atoms with E-state index in [2.05, 4.69) is 0 Å². The quantitative estimate of drug-likeness (QED) is 0.313. The number of aliphatic hydroxyl groups is 3. The van der Waals surface area contributed by atoms with Crippen LogP contribution in [0.15, 0.2) is 39.5 Å². The van der Waals surface area contributed by atoms with Crippen LogP contribution in [0.3, 0.4) is 0 Å². The van der Waals surface area contributed by atoms with Crippen LogP contribution in [0.4, 0.5) is 0 Å². The number of aliphatic hydroxyl groups excluding tert-OH is 3.